The Labute approximate surface area is 182 Å². The molecule has 0 aliphatic carbocycles. The Kier molecular flexibility index (Phi) is 14.6. The van der Waals surface area contributed by atoms with Gasteiger partial charge < -0.3 is 20.1 Å². The molecule has 1 unspecified atom stereocenters. The predicted octanol–water partition coefficient (Wildman–Crippen LogP) is 3.24. The highest BCUT2D eigenvalue weighted by Gasteiger charge is 2.15. The highest BCUT2D eigenvalue weighted by atomic mass is 127. The number of thiazole rings is 1. The molecule has 26 heavy (non-hydrogen) atoms. The molecule has 1 saturated heterocycles. The van der Waals surface area contributed by atoms with Crippen LogP contribution >= 0.6 is 47.1 Å². The maximum Gasteiger partial charge on any atom is 0.191 e. The number of aromatic nitrogens is 1. The fourth-order valence-corrected chi connectivity index (χ4v) is 4.02. The monoisotopic (exact) mass is 514 g/mol. The van der Waals surface area contributed by atoms with Crippen LogP contribution in [-0.4, -0.2) is 62.8 Å². The van der Waals surface area contributed by atoms with Crippen molar-refractivity contribution in [1.82, 2.24) is 15.6 Å². The summed E-state index contributed by atoms with van der Waals surface area (Å²) in [4.78, 5) is 8.89. The van der Waals surface area contributed by atoms with Gasteiger partial charge in [0, 0.05) is 56.1 Å². The number of hydrogen-bond donors (Lipinski definition) is 2. The molecule has 1 atom stereocenters. The number of halogens is 1. The molecule has 0 bridgehead atoms. The van der Waals surface area contributed by atoms with E-state index in [0.29, 0.717) is 5.92 Å². The van der Waals surface area contributed by atoms with Crippen LogP contribution in [0.25, 0.3) is 0 Å². The SMILES string of the molecule is CCNC(=NCCCSc1nccs1)NCCCOCC1CCOC1.I. The van der Waals surface area contributed by atoms with Crippen LogP contribution in [0.5, 0.6) is 0 Å². The van der Waals surface area contributed by atoms with E-state index in [9.17, 15) is 0 Å². The van der Waals surface area contributed by atoms with Gasteiger partial charge in [0.05, 0.1) is 13.2 Å². The van der Waals surface area contributed by atoms with Crippen LogP contribution in [0.3, 0.4) is 0 Å². The Morgan fingerprint density at radius 1 is 1.46 bits per heavy atom. The fraction of sp³-hybridized carbons (Fsp3) is 0.765. The normalized spacial score (nSPS) is 17.1. The minimum absolute atomic E-state index is 0. The van der Waals surface area contributed by atoms with Crippen molar-refractivity contribution in [3.8, 4) is 0 Å². The standard InChI is InChI=1S/C17H30N4O2S2.HI/c1-2-18-16(20-7-4-11-24-17-21-8-12-25-17)19-6-3-9-22-13-15-5-10-23-14-15;/h8,12,15H,2-7,9-11,13-14H2,1H3,(H2,18,19,20);1H. The first-order valence-corrected chi connectivity index (χ1v) is 10.9. The summed E-state index contributed by atoms with van der Waals surface area (Å²) in [5.74, 6) is 2.54. The molecule has 1 fully saturated rings. The van der Waals surface area contributed by atoms with E-state index in [1.165, 1.54) is 0 Å². The summed E-state index contributed by atoms with van der Waals surface area (Å²) in [5, 5.41) is 8.67. The first kappa shape index (κ1) is 23.9. The third-order valence-corrected chi connectivity index (χ3v) is 5.74. The van der Waals surface area contributed by atoms with E-state index in [1.54, 1.807) is 23.1 Å². The third-order valence-electron chi connectivity index (χ3n) is 3.69. The van der Waals surface area contributed by atoms with Crippen LogP contribution in [0.15, 0.2) is 20.9 Å². The maximum atomic E-state index is 5.72. The number of ether oxygens (including phenoxy) is 2. The van der Waals surface area contributed by atoms with E-state index in [0.717, 1.165) is 81.4 Å². The summed E-state index contributed by atoms with van der Waals surface area (Å²) in [6.45, 7) is 8.02. The van der Waals surface area contributed by atoms with Gasteiger partial charge in [-0.3, -0.25) is 4.99 Å². The molecule has 2 rings (SSSR count). The van der Waals surface area contributed by atoms with Crippen molar-refractivity contribution < 1.29 is 9.47 Å². The average Bonchev–Trinajstić information content (AvgIpc) is 3.31. The number of guanidine groups is 1. The van der Waals surface area contributed by atoms with Gasteiger partial charge in [-0.15, -0.1) is 35.3 Å². The van der Waals surface area contributed by atoms with Crippen molar-refractivity contribution in [1.29, 1.82) is 0 Å². The Morgan fingerprint density at radius 3 is 3.12 bits per heavy atom. The van der Waals surface area contributed by atoms with Gasteiger partial charge in [0.2, 0.25) is 0 Å². The Balaban J connectivity index is 0.00000338. The Hall–Kier alpha value is -0.100. The van der Waals surface area contributed by atoms with Crippen molar-refractivity contribution in [3.63, 3.8) is 0 Å². The topological polar surface area (TPSA) is 67.8 Å². The molecule has 2 N–H and O–H groups in total. The minimum Gasteiger partial charge on any atom is -0.381 e. The second kappa shape index (κ2) is 15.9. The minimum atomic E-state index is 0. The highest BCUT2D eigenvalue weighted by molar-refractivity contribution is 14.0. The van der Waals surface area contributed by atoms with Crippen LogP contribution in [0, 0.1) is 5.92 Å². The van der Waals surface area contributed by atoms with Crippen LogP contribution in [0.1, 0.15) is 26.2 Å². The molecule has 150 valence electrons. The zero-order chi connectivity index (χ0) is 17.6. The maximum absolute atomic E-state index is 5.72. The molecule has 0 saturated carbocycles. The molecule has 0 spiro atoms. The summed E-state index contributed by atoms with van der Waals surface area (Å²) >= 11 is 3.49. The second-order valence-electron chi connectivity index (χ2n) is 5.85. The quantitative estimate of drug-likeness (QED) is 0.147. The number of rotatable bonds is 12. The summed E-state index contributed by atoms with van der Waals surface area (Å²) in [6.07, 6.45) is 5.02. The summed E-state index contributed by atoms with van der Waals surface area (Å²) in [7, 11) is 0. The first-order valence-electron chi connectivity index (χ1n) is 9.08. The van der Waals surface area contributed by atoms with Gasteiger partial charge in [-0.2, -0.15) is 0 Å². The van der Waals surface area contributed by atoms with Crippen molar-refractivity contribution in [2.24, 2.45) is 10.9 Å². The van der Waals surface area contributed by atoms with Crippen LogP contribution in [-0.2, 0) is 9.47 Å². The Morgan fingerprint density at radius 2 is 2.38 bits per heavy atom. The van der Waals surface area contributed by atoms with Gasteiger partial charge in [-0.25, -0.2) is 4.98 Å². The number of hydrogen-bond acceptors (Lipinski definition) is 6. The van der Waals surface area contributed by atoms with Gasteiger partial charge >= 0.3 is 0 Å². The number of thioether (sulfide) groups is 1. The molecule has 0 amide bonds. The van der Waals surface area contributed by atoms with Gasteiger partial charge in [0.1, 0.15) is 4.34 Å². The first-order chi connectivity index (χ1) is 12.4. The smallest absolute Gasteiger partial charge is 0.191 e. The molecule has 6 nitrogen and oxygen atoms in total. The highest BCUT2D eigenvalue weighted by Crippen LogP contribution is 2.20. The molecule has 1 aromatic rings. The molecule has 2 heterocycles. The lowest BCUT2D eigenvalue weighted by Crippen LogP contribution is -2.38. The van der Waals surface area contributed by atoms with E-state index < -0.39 is 0 Å². The van der Waals surface area contributed by atoms with E-state index in [4.69, 9.17) is 9.47 Å². The van der Waals surface area contributed by atoms with Crippen molar-refractivity contribution in [2.45, 2.75) is 30.5 Å². The second-order valence-corrected chi connectivity index (χ2v) is 8.08. The molecule has 1 aliphatic rings. The lowest BCUT2D eigenvalue weighted by atomic mass is 10.1. The van der Waals surface area contributed by atoms with E-state index >= 15 is 0 Å². The van der Waals surface area contributed by atoms with Crippen LogP contribution in [0.4, 0.5) is 0 Å². The van der Waals surface area contributed by atoms with Crippen molar-refractivity contribution in [3.05, 3.63) is 11.6 Å². The molecule has 1 aliphatic heterocycles. The van der Waals surface area contributed by atoms with Crippen LogP contribution < -0.4 is 10.6 Å². The van der Waals surface area contributed by atoms with Gasteiger partial charge in [-0.1, -0.05) is 11.8 Å². The number of nitrogens with one attached hydrogen (secondary N) is 2. The van der Waals surface area contributed by atoms with E-state index in [1.807, 2.05) is 11.6 Å². The number of aliphatic imine (C=N–C) groups is 1. The molecule has 9 heteroatoms. The fourth-order valence-electron chi connectivity index (χ4n) is 2.38. The van der Waals surface area contributed by atoms with Gasteiger partial charge in [-0.05, 0) is 26.2 Å². The molecule has 1 aromatic heterocycles. The lowest BCUT2D eigenvalue weighted by molar-refractivity contribution is 0.0888. The van der Waals surface area contributed by atoms with Crippen molar-refractivity contribution >= 4 is 53.0 Å². The van der Waals surface area contributed by atoms with E-state index in [2.05, 4.69) is 27.5 Å². The van der Waals surface area contributed by atoms with Gasteiger partial charge in [0.15, 0.2) is 5.96 Å². The summed E-state index contributed by atoms with van der Waals surface area (Å²) < 4.78 is 12.2. The zero-order valence-electron chi connectivity index (χ0n) is 15.4. The molecule has 0 radical (unpaired) electrons. The summed E-state index contributed by atoms with van der Waals surface area (Å²) in [6, 6.07) is 0. The third kappa shape index (κ3) is 10.9. The van der Waals surface area contributed by atoms with E-state index in [-0.39, 0.29) is 24.0 Å². The van der Waals surface area contributed by atoms with Crippen molar-refractivity contribution in [2.75, 3.05) is 51.8 Å². The average molecular weight is 514 g/mol. The molecular formula is C17H31IN4O2S2. The molecule has 0 aromatic carbocycles. The zero-order valence-corrected chi connectivity index (χ0v) is 19.4. The van der Waals surface area contributed by atoms with Crippen LogP contribution in [0.2, 0.25) is 0 Å². The predicted molar refractivity (Wildman–Crippen MR) is 121 cm³/mol. The number of nitrogens with zero attached hydrogens (tertiary/aromatic N) is 2. The summed E-state index contributed by atoms with van der Waals surface area (Å²) in [5.41, 5.74) is 0. The Bertz CT molecular complexity index is 471. The molecular weight excluding hydrogens is 483 g/mol. The largest absolute Gasteiger partial charge is 0.381 e. The lowest BCUT2D eigenvalue weighted by Gasteiger charge is -2.12. The van der Waals surface area contributed by atoms with Gasteiger partial charge in [0.25, 0.3) is 0 Å².